The zero-order chi connectivity index (χ0) is 13.7. The van der Waals surface area contributed by atoms with Crippen molar-refractivity contribution >= 4 is 0 Å². The third kappa shape index (κ3) is 3.39. The molecule has 1 aliphatic rings. The first kappa shape index (κ1) is 14.2. The molecule has 1 aromatic rings. The molecule has 0 spiro atoms. The molecule has 0 saturated heterocycles. The van der Waals surface area contributed by atoms with E-state index in [9.17, 15) is 10.2 Å². The van der Waals surface area contributed by atoms with Gasteiger partial charge in [-0.05, 0) is 30.5 Å². The molecule has 0 bridgehead atoms. The van der Waals surface area contributed by atoms with E-state index in [1.165, 1.54) is 19.3 Å². The normalized spacial score (nSPS) is 18.2. The third-order valence-corrected chi connectivity index (χ3v) is 4.02. The lowest BCUT2D eigenvalue weighted by atomic mass is 9.82. The molecule has 0 heterocycles. The average molecular weight is 265 g/mol. The molecule has 1 fully saturated rings. The van der Waals surface area contributed by atoms with E-state index in [-0.39, 0.29) is 17.9 Å². The fourth-order valence-corrected chi connectivity index (χ4v) is 2.74. The van der Waals surface area contributed by atoms with Gasteiger partial charge in [0.25, 0.3) is 0 Å². The molecule has 0 radical (unpaired) electrons. The number of benzene rings is 1. The third-order valence-electron chi connectivity index (χ3n) is 4.02. The molecule has 1 saturated carbocycles. The summed E-state index contributed by atoms with van der Waals surface area (Å²) in [6.45, 7) is 0.861. The minimum atomic E-state index is -0.136. The molecule has 1 aliphatic carbocycles. The van der Waals surface area contributed by atoms with Crippen LogP contribution in [0, 0.1) is 0 Å². The number of nitrogens with one attached hydrogen (secondary N) is 1. The zero-order valence-corrected chi connectivity index (χ0v) is 11.5. The molecule has 0 aromatic heterocycles. The van der Waals surface area contributed by atoms with Crippen molar-refractivity contribution in [3.63, 3.8) is 0 Å². The van der Waals surface area contributed by atoms with Crippen LogP contribution in [0.3, 0.4) is 0 Å². The number of ether oxygens (including phenoxy) is 1. The molecule has 4 nitrogen and oxygen atoms in total. The molecule has 0 amide bonds. The van der Waals surface area contributed by atoms with Gasteiger partial charge < -0.3 is 20.3 Å². The van der Waals surface area contributed by atoms with Crippen molar-refractivity contribution in [2.75, 3.05) is 13.7 Å². The van der Waals surface area contributed by atoms with Gasteiger partial charge in [-0.15, -0.1) is 0 Å². The lowest BCUT2D eigenvalue weighted by Crippen LogP contribution is -2.49. The van der Waals surface area contributed by atoms with Crippen LogP contribution >= 0.6 is 0 Å². The van der Waals surface area contributed by atoms with Gasteiger partial charge in [0.15, 0.2) is 11.5 Å². The molecule has 19 heavy (non-hydrogen) atoms. The summed E-state index contributed by atoms with van der Waals surface area (Å²) in [6, 6.07) is 5.34. The maximum atomic E-state index is 9.64. The van der Waals surface area contributed by atoms with Gasteiger partial charge in [-0.1, -0.05) is 25.3 Å². The standard InChI is InChI=1S/C15H23NO3/c1-19-14-9-12(5-6-13(14)18)10-16-15(11-17)7-3-2-4-8-15/h5-6,9,16-18H,2-4,7-8,10-11H2,1H3. The Labute approximate surface area is 114 Å². The number of hydrogen-bond donors (Lipinski definition) is 3. The summed E-state index contributed by atoms with van der Waals surface area (Å²) >= 11 is 0. The summed E-state index contributed by atoms with van der Waals surface area (Å²) in [4.78, 5) is 0. The average Bonchev–Trinajstić information content (AvgIpc) is 2.47. The van der Waals surface area contributed by atoms with Crippen LogP contribution in [0.2, 0.25) is 0 Å². The van der Waals surface area contributed by atoms with Gasteiger partial charge in [0.05, 0.1) is 13.7 Å². The van der Waals surface area contributed by atoms with E-state index in [4.69, 9.17) is 4.74 Å². The minimum absolute atomic E-state index is 0.136. The number of rotatable bonds is 5. The molecule has 0 unspecified atom stereocenters. The monoisotopic (exact) mass is 265 g/mol. The van der Waals surface area contributed by atoms with Crippen molar-refractivity contribution in [1.82, 2.24) is 5.32 Å². The number of aliphatic hydroxyl groups is 1. The number of hydrogen-bond acceptors (Lipinski definition) is 4. The van der Waals surface area contributed by atoms with Gasteiger partial charge in [-0.2, -0.15) is 0 Å². The predicted octanol–water partition coefficient (Wildman–Crippen LogP) is 2.19. The summed E-state index contributed by atoms with van der Waals surface area (Å²) in [5.74, 6) is 0.641. The Morgan fingerprint density at radius 3 is 2.63 bits per heavy atom. The Morgan fingerprint density at radius 2 is 2.00 bits per heavy atom. The number of phenolic OH excluding ortho intramolecular Hbond substituents is 1. The number of phenols is 1. The molecule has 106 valence electrons. The highest BCUT2D eigenvalue weighted by atomic mass is 16.5. The summed E-state index contributed by atoms with van der Waals surface area (Å²) in [6.07, 6.45) is 5.66. The number of aliphatic hydroxyl groups excluding tert-OH is 1. The Hall–Kier alpha value is -1.26. The minimum Gasteiger partial charge on any atom is -0.504 e. The lowest BCUT2D eigenvalue weighted by Gasteiger charge is -2.36. The zero-order valence-electron chi connectivity index (χ0n) is 11.5. The van der Waals surface area contributed by atoms with Gasteiger partial charge in [0.2, 0.25) is 0 Å². The Kier molecular flexibility index (Phi) is 4.66. The van der Waals surface area contributed by atoms with E-state index in [0.29, 0.717) is 12.3 Å². The van der Waals surface area contributed by atoms with Crippen molar-refractivity contribution in [3.05, 3.63) is 23.8 Å². The lowest BCUT2D eigenvalue weighted by molar-refractivity contribution is 0.119. The molecule has 2 rings (SSSR count). The highest BCUT2D eigenvalue weighted by Crippen LogP contribution is 2.29. The largest absolute Gasteiger partial charge is 0.504 e. The maximum absolute atomic E-state index is 9.64. The number of methoxy groups -OCH3 is 1. The van der Waals surface area contributed by atoms with Crippen molar-refractivity contribution in [1.29, 1.82) is 0 Å². The topological polar surface area (TPSA) is 61.7 Å². The van der Waals surface area contributed by atoms with Crippen LogP contribution in [0.1, 0.15) is 37.7 Å². The summed E-state index contributed by atoms with van der Waals surface area (Å²) in [5.41, 5.74) is 0.914. The van der Waals surface area contributed by atoms with E-state index < -0.39 is 0 Å². The van der Waals surface area contributed by atoms with E-state index in [1.54, 1.807) is 13.2 Å². The van der Waals surface area contributed by atoms with E-state index in [1.807, 2.05) is 12.1 Å². The van der Waals surface area contributed by atoms with E-state index >= 15 is 0 Å². The van der Waals surface area contributed by atoms with E-state index in [2.05, 4.69) is 5.32 Å². The maximum Gasteiger partial charge on any atom is 0.160 e. The Morgan fingerprint density at radius 1 is 1.26 bits per heavy atom. The molecular weight excluding hydrogens is 242 g/mol. The van der Waals surface area contributed by atoms with Crippen molar-refractivity contribution in [2.24, 2.45) is 0 Å². The fourth-order valence-electron chi connectivity index (χ4n) is 2.74. The van der Waals surface area contributed by atoms with Crippen LogP contribution in [0.15, 0.2) is 18.2 Å². The van der Waals surface area contributed by atoms with Gasteiger partial charge >= 0.3 is 0 Å². The van der Waals surface area contributed by atoms with Crippen LogP contribution in [-0.4, -0.2) is 29.5 Å². The molecular formula is C15H23NO3. The molecule has 0 aliphatic heterocycles. The Bertz CT molecular complexity index is 414. The smallest absolute Gasteiger partial charge is 0.160 e. The van der Waals surface area contributed by atoms with Gasteiger partial charge in [0, 0.05) is 12.1 Å². The van der Waals surface area contributed by atoms with E-state index in [0.717, 1.165) is 18.4 Å². The van der Waals surface area contributed by atoms with Gasteiger partial charge in [-0.25, -0.2) is 0 Å². The number of aromatic hydroxyl groups is 1. The SMILES string of the molecule is COc1cc(CNC2(CO)CCCCC2)ccc1O. The van der Waals surface area contributed by atoms with Crippen LogP contribution < -0.4 is 10.1 Å². The first-order valence-corrected chi connectivity index (χ1v) is 6.91. The van der Waals surface area contributed by atoms with Crippen LogP contribution in [0.25, 0.3) is 0 Å². The van der Waals surface area contributed by atoms with Crippen molar-refractivity contribution < 1.29 is 14.9 Å². The molecule has 1 aromatic carbocycles. The second-order valence-corrected chi connectivity index (χ2v) is 5.36. The fraction of sp³-hybridized carbons (Fsp3) is 0.600. The highest BCUT2D eigenvalue weighted by Gasteiger charge is 2.30. The second kappa shape index (κ2) is 6.26. The van der Waals surface area contributed by atoms with Crippen molar-refractivity contribution in [3.8, 4) is 11.5 Å². The predicted molar refractivity (Wildman–Crippen MR) is 74.4 cm³/mol. The van der Waals surface area contributed by atoms with Crippen molar-refractivity contribution in [2.45, 2.75) is 44.2 Å². The Balaban J connectivity index is 2.00. The van der Waals surface area contributed by atoms with Gasteiger partial charge in [-0.3, -0.25) is 0 Å². The first-order valence-electron chi connectivity index (χ1n) is 6.91. The molecule has 4 heteroatoms. The quantitative estimate of drug-likeness (QED) is 0.763. The second-order valence-electron chi connectivity index (χ2n) is 5.36. The molecule has 0 atom stereocenters. The van der Waals surface area contributed by atoms with Crippen LogP contribution in [-0.2, 0) is 6.54 Å². The summed E-state index contributed by atoms with van der Waals surface area (Å²) in [5, 5.41) is 22.7. The summed E-state index contributed by atoms with van der Waals surface area (Å²) < 4.78 is 5.10. The van der Waals surface area contributed by atoms with Crippen LogP contribution in [0.5, 0.6) is 11.5 Å². The van der Waals surface area contributed by atoms with Crippen LogP contribution in [0.4, 0.5) is 0 Å². The first-order chi connectivity index (χ1) is 9.19. The van der Waals surface area contributed by atoms with Gasteiger partial charge in [0.1, 0.15) is 0 Å². The molecule has 3 N–H and O–H groups in total. The highest BCUT2D eigenvalue weighted by molar-refractivity contribution is 5.41. The summed E-state index contributed by atoms with van der Waals surface area (Å²) in [7, 11) is 1.54.